The van der Waals surface area contributed by atoms with Gasteiger partial charge in [-0.05, 0) is 5.56 Å². The molecule has 3 nitrogen and oxygen atoms in total. The topological polar surface area (TPSA) is 52.9 Å². The Bertz CT molecular complexity index is 345. The lowest BCUT2D eigenvalue weighted by Crippen LogP contribution is -2.25. The summed E-state index contributed by atoms with van der Waals surface area (Å²) in [6.07, 6.45) is 0. The van der Waals surface area contributed by atoms with Gasteiger partial charge in [0, 0.05) is 5.75 Å². The molecule has 0 aliphatic heterocycles. The fourth-order valence-electron chi connectivity index (χ4n) is 1.02. The highest BCUT2D eigenvalue weighted by Crippen LogP contribution is 2.10. The highest BCUT2D eigenvalue weighted by atomic mass is 32.2. The van der Waals surface area contributed by atoms with Gasteiger partial charge in [0.15, 0.2) is 0 Å². The van der Waals surface area contributed by atoms with E-state index >= 15 is 0 Å². The maximum Gasteiger partial charge on any atom is 0.230 e. The number of carbonyl (C=O) groups is 1. The van der Waals surface area contributed by atoms with E-state index in [-0.39, 0.29) is 12.5 Å². The third kappa shape index (κ3) is 5.08. The monoisotopic (exact) mass is 220 g/mol. The maximum atomic E-state index is 11.1. The van der Waals surface area contributed by atoms with Crippen molar-refractivity contribution in [1.82, 2.24) is 5.32 Å². The number of nitrogens with zero attached hydrogens (tertiary/aromatic N) is 1. The number of hydrogen-bond acceptors (Lipinski definition) is 3. The van der Waals surface area contributed by atoms with Crippen molar-refractivity contribution >= 4 is 17.7 Å². The number of rotatable bonds is 5. The van der Waals surface area contributed by atoms with Gasteiger partial charge in [0.2, 0.25) is 5.91 Å². The summed E-state index contributed by atoms with van der Waals surface area (Å²) >= 11 is 1.54. The minimum absolute atomic E-state index is 0.0857. The Balaban J connectivity index is 2.17. The van der Waals surface area contributed by atoms with Crippen molar-refractivity contribution in [3.8, 4) is 6.07 Å². The molecule has 1 aromatic carbocycles. The Morgan fingerprint density at radius 1 is 1.40 bits per heavy atom. The molecule has 0 radical (unpaired) electrons. The first-order chi connectivity index (χ1) is 7.33. The summed E-state index contributed by atoms with van der Waals surface area (Å²) in [7, 11) is 0. The standard InChI is InChI=1S/C11H12N2OS/c12-6-7-13-11(14)9-15-8-10-4-2-1-3-5-10/h1-5H,7-9H2,(H,13,14). The molecule has 4 heteroatoms. The van der Waals surface area contributed by atoms with E-state index in [0.717, 1.165) is 5.75 Å². The Morgan fingerprint density at radius 3 is 2.80 bits per heavy atom. The van der Waals surface area contributed by atoms with Crippen molar-refractivity contribution in [1.29, 1.82) is 5.26 Å². The van der Waals surface area contributed by atoms with Crippen LogP contribution in [0.5, 0.6) is 0 Å². The van der Waals surface area contributed by atoms with Crippen LogP contribution in [-0.4, -0.2) is 18.2 Å². The second-order valence-corrected chi connectivity index (χ2v) is 3.90. The van der Waals surface area contributed by atoms with Crippen molar-refractivity contribution in [2.24, 2.45) is 0 Å². The summed E-state index contributed by atoms with van der Waals surface area (Å²) < 4.78 is 0. The molecule has 0 atom stereocenters. The second kappa shape index (κ2) is 6.91. The van der Waals surface area contributed by atoms with Crippen molar-refractivity contribution < 1.29 is 4.79 Å². The maximum absolute atomic E-state index is 11.1. The van der Waals surface area contributed by atoms with E-state index in [1.165, 1.54) is 5.56 Å². The minimum atomic E-state index is -0.0857. The zero-order chi connectivity index (χ0) is 10.9. The number of hydrogen-bond donors (Lipinski definition) is 1. The van der Waals surface area contributed by atoms with E-state index in [1.807, 2.05) is 36.4 Å². The van der Waals surface area contributed by atoms with Gasteiger partial charge in [-0.3, -0.25) is 4.79 Å². The van der Waals surface area contributed by atoms with Crippen molar-refractivity contribution in [3.05, 3.63) is 35.9 Å². The summed E-state index contributed by atoms with van der Waals surface area (Å²) in [5, 5.41) is 10.7. The largest absolute Gasteiger partial charge is 0.342 e. The molecule has 1 N–H and O–H groups in total. The predicted molar refractivity (Wildman–Crippen MR) is 61.2 cm³/mol. The fraction of sp³-hybridized carbons (Fsp3) is 0.273. The zero-order valence-corrected chi connectivity index (χ0v) is 9.09. The molecule has 0 bridgehead atoms. The lowest BCUT2D eigenvalue weighted by atomic mass is 10.2. The van der Waals surface area contributed by atoms with Gasteiger partial charge in [-0.2, -0.15) is 5.26 Å². The van der Waals surface area contributed by atoms with Crippen LogP contribution < -0.4 is 5.32 Å². The van der Waals surface area contributed by atoms with Crippen LogP contribution in [0.25, 0.3) is 0 Å². The number of nitriles is 1. The van der Waals surface area contributed by atoms with Crippen LogP contribution in [0.2, 0.25) is 0 Å². The Hall–Kier alpha value is -1.47. The molecule has 0 fully saturated rings. The van der Waals surface area contributed by atoms with E-state index < -0.39 is 0 Å². The number of benzene rings is 1. The predicted octanol–water partition coefficient (Wildman–Crippen LogP) is 1.56. The first kappa shape index (κ1) is 11.6. The Kier molecular flexibility index (Phi) is 5.34. The van der Waals surface area contributed by atoms with Gasteiger partial charge in [0.1, 0.15) is 6.54 Å². The van der Waals surface area contributed by atoms with Crippen LogP contribution in [0.3, 0.4) is 0 Å². The normalized spacial score (nSPS) is 9.27. The van der Waals surface area contributed by atoms with E-state index in [1.54, 1.807) is 11.8 Å². The Labute approximate surface area is 93.5 Å². The quantitative estimate of drug-likeness (QED) is 0.766. The molecule has 0 aliphatic rings. The molecule has 0 spiro atoms. The molecule has 15 heavy (non-hydrogen) atoms. The summed E-state index contributed by atoms with van der Waals surface area (Å²) in [4.78, 5) is 11.1. The molecule has 0 aromatic heterocycles. The molecule has 1 aromatic rings. The second-order valence-electron chi connectivity index (χ2n) is 2.91. The van der Waals surface area contributed by atoms with Crippen LogP contribution in [-0.2, 0) is 10.5 Å². The van der Waals surface area contributed by atoms with Gasteiger partial charge in [-0.1, -0.05) is 30.3 Å². The van der Waals surface area contributed by atoms with Crippen LogP contribution >= 0.6 is 11.8 Å². The van der Waals surface area contributed by atoms with Crippen molar-refractivity contribution in [3.63, 3.8) is 0 Å². The first-order valence-electron chi connectivity index (χ1n) is 4.58. The van der Waals surface area contributed by atoms with E-state index in [0.29, 0.717) is 5.75 Å². The van der Waals surface area contributed by atoms with Gasteiger partial charge in [-0.15, -0.1) is 11.8 Å². The van der Waals surface area contributed by atoms with E-state index in [4.69, 9.17) is 5.26 Å². The fourth-order valence-corrected chi connectivity index (χ4v) is 1.84. The third-order valence-electron chi connectivity index (χ3n) is 1.71. The van der Waals surface area contributed by atoms with Crippen molar-refractivity contribution in [2.75, 3.05) is 12.3 Å². The molecular weight excluding hydrogens is 208 g/mol. The van der Waals surface area contributed by atoms with Crippen LogP contribution in [0, 0.1) is 11.3 Å². The summed E-state index contributed by atoms with van der Waals surface area (Å²) in [6.45, 7) is 0.0880. The molecule has 1 amide bonds. The molecule has 1 rings (SSSR count). The van der Waals surface area contributed by atoms with Crippen LogP contribution in [0.4, 0.5) is 0 Å². The van der Waals surface area contributed by atoms with Crippen LogP contribution in [0.1, 0.15) is 5.56 Å². The van der Waals surface area contributed by atoms with Gasteiger partial charge >= 0.3 is 0 Å². The molecule has 0 aliphatic carbocycles. The smallest absolute Gasteiger partial charge is 0.230 e. The molecule has 0 unspecified atom stereocenters. The molecule has 0 saturated carbocycles. The summed E-state index contributed by atoms with van der Waals surface area (Å²) in [5.41, 5.74) is 1.20. The highest BCUT2D eigenvalue weighted by Gasteiger charge is 2.00. The number of thioether (sulfide) groups is 1. The minimum Gasteiger partial charge on any atom is -0.342 e. The first-order valence-corrected chi connectivity index (χ1v) is 5.73. The Morgan fingerprint density at radius 2 is 2.13 bits per heavy atom. The number of amides is 1. The molecule has 0 saturated heterocycles. The zero-order valence-electron chi connectivity index (χ0n) is 8.27. The highest BCUT2D eigenvalue weighted by molar-refractivity contribution is 7.99. The lowest BCUT2D eigenvalue weighted by Gasteiger charge is -2.01. The SMILES string of the molecule is N#CCNC(=O)CSCc1ccccc1. The summed E-state index contributed by atoms with van der Waals surface area (Å²) in [5.74, 6) is 1.13. The number of carbonyl (C=O) groups excluding carboxylic acids is 1. The molecule has 78 valence electrons. The average molecular weight is 220 g/mol. The molecular formula is C11H12N2OS. The van der Waals surface area contributed by atoms with Crippen LogP contribution in [0.15, 0.2) is 30.3 Å². The van der Waals surface area contributed by atoms with Gasteiger partial charge in [0.25, 0.3) is 0 Å². The third-order valence-corrected chi connectivity index (χ3v) is 2.71. The van der Waals surface area contributed by atoms with Gasteiger partial charge in [0.05, 0.1) is 11.8 Å². The van der Waals surface area contributed by atoms with Crippen molar-refractivity contribution in [2.45, 2.75) is 5.75 Å². The van der Waals surface area contributed by atoms with E-state index in [9.17, 15) is 4.79 Å². The lowest BCUT2D eigenvalue weighted by molar-refractivity contribution is -0.118. The van der Waals surface area contributed by atoms with Gasteiger partial charge in [-0.25, -0.2) is 0 Å². The average Bonchev–Trinajstić information content (AvgIpc) is 2.28. The molecule has 0 heterocycles. The van der Waals surface area contributed by atoms with Gasteiger partial charge < -0.3 is 5.32 Å². The number of nitrogens with one attached hydrogen (secondary N) is 1. The van der Waals surface area contributed by atoms with E-state index in [2.05, 4.69) is 5.32 Å². The summed E-state index contributed by atoms with van der Waals surface area (Å²) in [6, 6.07) is 11.8.